The molecule has 1 amide bonds. The summed E-state index contributed by atoms with van der Waals surface area (Å²) in [5.41, 5.74) is 2.93. The molecule has 0 saturated heterocycles. The Morgan fingerprint density at radius 2 is 1.74 bits per heavy atom. The molecule has 1 saturated carbocycles. The van der Waals surface area contributed by atoms with Crippen LogP contribution in [-0.2, 0) is 19.5 Å². The van der Waals surface area contributed by atoms with E-state index < -0.39 is 0 Å². The molecule has 1 aliphatic rings. The minimum absolute atomic E-state index is 0.0142. The highest BCUT2D eigenvalue weighted by Crippen LogP contribution is 2.20. The molecule has 1 aliphatic carbocycles. The topological polar surface area (TPSA) is 88.6 Å². The van der Waals surface area contributed by atoms with Gasteiger partial charge < -0.3 is 9.73 Å². The molecule has 1 heterocycles. The number of carbonyl (C=O) groups excluding carboxylic acids is 1. The van der Waals surface area contributed by atoms with Gasteiger partial charge in [0.05, 0.1) is 17.7 Å². The van der Waals surface area contributed by atoms with E-state index in [2.05, 4.69) is 10.2 Å². The quantitative estimate of drug-likeness (QED) is 0.390. The number of rotatable bonds is 10. The molecule has 7 nitrogen and oxygen atoms in total. The molecule has 0 radical (unpaired) electrons. The summed E-state index contributed by atoms with van der Waals surface area (Å²) in [4.78, 5) is 24.9. The predicted octanol–water partition coefficient (Wildman–Crippen LogP) is 4.32. The van der Waals surface area contributed by atoms with E-state index in [1.165, 1.54) is 12.1 Å². The Kier molecular flexibility index (Phi) is 6.43. The molecule has 4 rings (SSSR count). The van der Waals surface area contributed by atoms with Gasteiger partial charge in [-0.2, -0.15) is 0 Å². The molecule has 0 bridgehead atoms. The molecular weight excluding hydrogens is 394 g/mol. The summed E-state index contributed by atoms with van der Waals surface area (Å²) in [6, 6.07) is 18.6. The van der Waals surface area contributed by atoms with E-state index in [-0.39, 0.29) is 16.5 Å². The first-order valence-electron chi connectivity index (χ1n) is 10.4. The first-order chi connectivity index (χ1) is 15.1. The molecule has 0 unspecified atom stereocenters. The van der Waals surface area contributed by atoms with Crippen LogP contribution in [0.1, 0.15) is 40.1 Å². The molecule has 1 fully saturated rings. The zero-order valence-corrected chi connectivity index (χ0v) is 17.2. The molecular formula is C24H25N3O4. The van der Waals surface area contributed by atoms with Gasteiger partial charge >= 0.3 is 0 Å². The van der Waals surface area contributed by atoms with Crippen molar-refractivity contribution in [3.8, 4) is 0 Å². The monoisotopic (exact) mass is 419 g/mol. The second-order valence-corrected chi connectivity index (χ2v) is 7.91. The Hall–Kier alpha value is -3.45. The molecule has 1 N–H and O–H groups in total. The molecule has 31 heavy (non-hydrogen) atoms. The van der Waals surface area contributed by atoms with E-state index in [0.717, 1.165) is 42.7 Å². The second kappa shape index (κ2) is 9.57. The zero-order chi connectivity index (χ0) is 21.6. The number of nitro groups is 1. The lowest BCUT2D eigenvalue weighted by molar-refractivity contribution is -0.384. The van der Waals surface area contributed by atoms with Crippen molar-refractivity contribution in [2.24, 2.45) is 0 Å². The van der Waals surface area contributed by atoms with Gasteiger partial charge in [-0.15, -0.1) is 0 Å². The summed E-state index contributed by atoms with van der Waals surface area (Å²) in [5, 5.41) is 13.8. The van der Waals surface area contributed by atoms with Crippen molar-refractivity contribution in [1.82, 2.24) is 10.2 Å². The average molecular weight is 419 g/mol. The van der Waals surface area contributed by atoms with Gasteiger partial charge in [0.15, 0.2) is 0 Å². The minimum Gasteiger partial charge on any atom is -0.468 e. The van der Waals surface area contributed by atoms with Crippen molar-refractivity contribution in [1.29, 1.82) is 0 Å². The first-order valence-corrected chi connectivity index (χ1v) is 10.4. The van der Waals surface area contributed by atoms with Gasteiger partial charge in [0.2, 0.25) is 0 Å². The lowest BCUT2D eigenvalue weighted by Crippen LogP contribution is -2.26. The number of hydrogen-bond acceptors (Lipinski definition) is 5. The van der Waals surface area contributed by atoms with E-state index in [4.69, 9.17) is 4.42 Å². The highest BCUT2D eigenvalue weighted by Gasteiger charge is 2.23. The smallest absolute Gasteiger partial charge is 0.269 e. The number of furan rings is 1. The molecule has 0 atom stereocenters. The van der Waals surface area contributed by atoms with Crippen molar-refractivity contribution in [2.75, 3.05) is 6.54 Å². The number of non-ortho nitro benzene ring substituents is 1. The van der Waals surface area contributed by atoms with Gasteiger partial charge in [-0.1, -0.05) is 24.3 Å². The fourth-order valence-electron chi connectivity index (χ4n) is 3.42. The maximum absolute atomic E-state index is 12.2. The van der Waals surface area contributed by atoms with Crippen LogP contribution in [0.25, 0.3) is 0 Å². The third-order valence-corrected chi connectivity index (χ3v) is 5.36. The number of hydrogen-bond donors (Lipinski definition) is 1. The molecule has 0 aliphatic heterocycles. The largest absolute Gasteiger partial charge is 0.468 e. The maximum Gasteiger partial charge on any atom is 0.269 e. The maximum atomic E-state index is 12.2. The number of nitrogens with one attached hydrogen (secondary N) is 1. The van der Waals surface area contributed by atoms with Crippen LogP contribution in [0.4, 0.5) is 5.69 Å². The lowest BCUT2D eigenvalue weighted by Gasteiger charge is -2.21. The highest BCUT2D eigenvalue weighted by molar-refractivity contribution is 5.94. The van der Waals surface area contributed by atoms with Crippen molar-refractivity contribution in [3.05, 3.63) is 99.5 Å². The Balaban J connectivity index is 1.39. The lowest BCUT2D eigenvalue weighted by atomic mass is 10.1. The molecule has 2 aromatic carbocycles. The molecule has 7 heteroatoms. The van der Waals surface area contributed by atoms with Crippen molar-refractivity contribution >= 4 is 11.6 Å². The third-order valence-electron chi connectivity index (χ3n) is 5.36. The van der Waals surface area contributed by atoms with Crippen LogP contribution in [0.3, 0.4) is 0 Å². The molecule has 1 aromatic heterocycles. The van der Waals surface area contributed by atoms with Crippen LogP contribution in [0, 0.1) is 10.1 Å². The predicted molar refractivity (Wildman–Crippen MR) is 117 cm³/mol. The summed E-state index contributed by atoms with van der Waals surface area (Å²) < 4.78 is 5.52. The van der Waals surface area contributed by atoms with E-state index in [1.54, 1.807) is 18.4 Å². The number of nitrogens with zero attached hydrogens (tertiary/aromatic N) is 2. The molecule has 160 valence electrons. The highest BCUT2D eigenvalue weighted by atomic mass is 16.6. The van der Waals surface area contributed by atoms with Crippen molar-refractivity contribution < 1.29 is 14.1 Å². The van der Waals surface area contributed by atoms with E-state index in [0.29, 0.717) is 24.7 Å². The van der Waals surface area contributed by atoms with E-state index >= 15 is 0 Å². The van der Waals surface area contributed by atoms with Gasteiger partial charge in [0, 0.05) is 36.8 Å². The zero-order valence-electron chi connectivity index (χ0n) is 17.2. The second-order valence-electron chi connectivity index (χ2n) is 7.91. The summed E-state index contributed by atoms with van der Waals surface area (Å²) in [7, 11) is 0. The third kappa shape index (κ3) is 6.02. The Labute approximate surface area is 180 Å². The van der Waals surface area contributed by atoms with Gasteiger partial charge in [-0.05, 0) is 54.7 Å². The van der Waals surface area contributed by atoms with Crippen LogP contribution in [0.5, 0.6) is 0 Å². The SMILES string of the molecule is O=C(NC1CC1)c1ccc(CN(CCc2ccc([N+](=O)[O-])cc2)Cc2ccco2)cc1. The van der Waals surface area contributed by atoms with Crippen LogP contribution in [0.2, 0.25) is 0 Å². The molecule has 0 spiro atoms. The minimum atomic E-state index is -0.387. The number of benzene rings is 2. The van der Waals surface area contributed by atoms with Crippen LogP contribution in [-0.4, -0.2) is 28.3 Å². The Morgan fingerprint density at radius 3 is 2.35 bits per heavy atom. The summed E-state index contributed by atoms with van der Waals surface area (Å²) >= 11 is 0. The summed E-state index contributed by atoms with van der Waals surface area (Å²) in [5.74, 6) is 0.865. The van der Waals surface area contributed by atoms with Crippen LogP contribution < -0.4 is 5.32 Å². The number of nitro benzene ring substituents is 1. The first kappa shape index (κ1) is 20.8. The van der Waals surface area contributed by atoms with Crippen LogP contribution >= 0.6 is 0 Å². The van der Waals surface area contributed by atoms with Crippen molar-refractivity contribution in [2.45, 2.75) is 38.4 Å². The van der Waals surface area contributed by atoms with Crippen molar-refractivity contribution in [3.63, 3.8) is 0 Å². The van der Waals surface area contributed by atoms with E-state index in [9.17, 15) is 14.9 Å². The van der Waals surface area contributed by atoms with Gasteiger partial charge in [-0.3, -0.25) is 19.8 Å². The summed E-state index contributed by atoms with van der Waals surface area (Å²) in [6.45, 7) is 2.13. The number of amides is 1. The Morgan fingerprint density at radius 1 is 1.03 bits per heavy atom. The fraction of sp³-hybridized carbons (Fsp3) is 0.292. The fourth-order valence-corrected chi connectivity index (χ4v) is 3.42. The van der Waals surface area contributed by atoms with Crippen LogP contribution in [0.15, 0.2) is 71.3 Å². The van der Waals surface area contributed by atoms with Gasteiger partial charge in [0.25, 0.3) is 11.6 Å². The van der Waals surface area contributed by atoms with E-state index in [1.807, 2.05) is 36.4 Å². The Bertz CT molecular complexity index is 1010. The summed E-state index contributed by atoms with van der Waals surface area (Å²) in [6.07, 6.45) is 4.57. The average Bonchev–Trinajstić information content (AvgIpc) is 3.44. The van der Waals surface area contributed by atoms with Gasteiger partial charge in [0.1, 0.15) is 5.76 Å². The molecule has 3 aromatic rings. The normalized spacial score (nSPS) is 13.3. The van der Waals surface area contributed by atoms with Gasteiger partial charge in [-0.25, -0.2) is 0 Å². The number of carbonyl (C=O) groups is 1. The standard InChI is InChI=1S/C24H25N3O4/c28-24(25-21-9-10-21)20-7-3-19(4-8-20)16-26(17-23-2-1-15-31-23)14-13-18-5-11-22(12-6-18)27(29)30/h1-8,11-12,15,21H,9-10,13-14,16-17H2,(H,25,28).